The Hall–Kier alpha value is -0.670. The van der Waals surface area contributed by atoms with Gasteiger partial charge in [-0.2, -0.15) is 0 Å². The van der Waals surface area contributed by atoms with Crippen LogP contribution in [0.3, 0.4) is 0 Å². The second-order valence-electron chi connectivity index (χ2n) is 4.24. The molecule has 1 unspecified atom stereocenters. The van der Waals surface area contributed by atoms with Gasteiger partial charge in [0, 0.05) is 11.3 Å². The van der Waals surface area contributed by atoms with Crippen LogP contribution in [0.2, 0.25) is 0 Å². The van der Waals surface area contributed by atoms with Crippen LogP contribution in [0.1, 0.15) is 48.7 Å². The molecule has 1 aromatic rings. The zero-order chi connectivity index (χ0) is 11.6. The summed E-state index contributed by atoms with van der Waals surface area (Å²) in [5.74, 6) is 0.284. The zero-order valence-corrected chi connectivity index (χ0v) is 10.5. The monoisotopic (exact) mass is 226 g/mol. The van der Waals surface area contributed by atoms with Gasteiger partial charge in [0.15, 0.2) is 5.78 Å². The average molecular weight is 226 g/mol. The van der Waals surface area contributed by atoms with E-state index >= 15 is 0 Å². The van der Waals surface area contributed by atoms with Gasteiger partial charge < -0.3 is 5.11 Å². The van der Waals surface area contributed by atoms with E-state index in [-0.39, 0.29) is 11.7 Å². The lowest BCUT2D eigenvalue weighted by atomic mass is 9.91. The Bertz CT molecular complexity index is 350. The van der Waals surface area contributed by atoms with Crippen LogP contribution in [0.4, 0.5) is 0 Å². The van der Waals surface area contributed by atoms with E-state index in [0.717, 1.165) is 9.75 Å². The summed E-state index contributed by atoms with van der Waals surface area (Å²) < 4.78 is 0. The Labute approximate surface area is 94.9 Å². The van der Waals surface area contributed by atoms with Crippen molar-refractivity contribution < 1.29 is 9.90 Å². The molecule has 15 heavy (non-hydrogen) atoms. The highest BCUT2D eigenvalue weighted by Crippen LogP contribution is 2.34. The lowest BCUT2D eigenvalue weighted by molar-refractivity contribution is 0.0126. The Morgan fingerprint density at radius 2 is 2.13 bits per heavy atom. The standard InChI is InChI=1S/C12H18O2S/c1-5-9(13)10-6-7-11(15-10)12(4,14)8(2)3/h6-8,14H,5H2,1-4H3. The van der Waals surface area contributed by atoms with E-state index < -0.39 is 5.60 Å². The molecule has 0 saturated carbocycles. The first-order chi connectivity index (χ1) is 6.89. The fourth-order valence-corrected chi connectivity index (χ4v) is 2.43. The number of carbonyl (C=O) groups excluding carboxylic acids is 1. The molecule has 1 N–H and O–H groups in total. The van der Waals surface area contributed by atoms with Gasteiger partial charge in [-0.3, -0.25) is 4.79 Å². The topological polar surface area (TPSA) is 37.3 Å². The summed E-state index contributed by atoms with van der Waals surface area (Å²) in [5, 5.41) is 10.2. The maximum absolute atomic E-state index is 11.5. The first-order valence-corrected chi connectivity index (χ1v) is 6.07. The summed E-state index contributed by atoms with van der Waals surface area (Å²) in [6, 6.07) is 3.66. The van der Waals surface area contributed by atoms with Crippen LogP contribution in [0.15, 0.2) is 12.1 Å². The number of hydrogen-bond acceptors (Lipinski definition) is 3. The summed E-state index contributed by atoms with van der Waals surface area (Å²) in [4.78, 5) is 13.1. The minimum absolute atomic E-state index is 0.140. The second-order valence-corrected chi connectivity index (χ2v) is 5.33. The summed E-state index contributed by atoms with van der Waals surface area (Å²) in [5.41, 5.74) is -0.836. The molecule has 1 aromatic heterocycles. The molecule has 3 heteroatoms. The molecule has 0 saturated heterocycles. The minimum Gasteiger partial charge on any atom is -0.384 e. The van der Waals surface area contributed by atoms with E-state index in [1.165, 1.54) is 11.3 Å². The molecule has 2 nitrogen and oxygen atoms in total. The third-order valence-electron chi connectivity index (χ3n) is 2.83. The van der Waals surface area contributed by atoms with Crippen molar-refractivity contribution in [1.82, 2.24) is 0 Å². The predicted octanol–water partition coefficient (Wildman–Crippen LogP) is 3.20. The first-order valence-electron chi connectivity index (χ1n) is 5.25. The lowest BCUT2D eigenvalue weighted by Crippen LogP contribution is -2.26. The smallest absolute Gasteiger partial charge is 0.172 e. The van der Waals surface area contributed by atoms with Crippen molar-refractivity contribution in [2.24, 2.45) is 5.92 Å². The summed E-state index contributed by atoms with van der Waals surface area (Å²) >= 11 is 1.40. The van der Waals surface area contributed by atoms with Gasteiger partial charge >= 0.3 is 0 Å². The van der Waals surface area contributed by atoms with Crippen molar-refractivity contribution in [3.05, 3.63) is 21.9 Å². The van der Waals surface area contributed by atoms with E-state index in [0.29, 0.717) is 6.42 Å². The lowest BCUT2D eigenvalue weighted by Gasteiger charge is -2.26. The molecule has 1 rings (SSSR count). The van der Waals surface area contributed by atoms with Crippen LogP contribution >= 0.6 is 11.3 Å². The van der Waals surface area contributed by atoms with Gasteiger partial charge in [0.2, 0.25) is 0 Å². The van der Waals surface area contributed by atoms with Crippen LogP contribution in [0.25, 0.3) is 0 Å². The van der Waals surface area contributed by atoms with Crippen molar-refractivity contribution in [2.45, 2.75) is 39.7 Å². The number of hydrogen-bond donors (Lipinski definition) is 1. The van der Waals surface area contributed by atoms with E-state index in [1.54, 1.807) is 6.92 Å². The molecule has 84 valence electrons. The van der Waals surface area contributed by atoms with Crippen LogP contribution in [-0.4, -0.2) is 10.9 Å². The number of Topliss-reactive ketones (excluding diaryl/α,β-unsaturated/α-hetero) is 1. The average Bonchev–Trinajstić information content (AvgIpc) is 2.65. The molecule has 0 fully saturated rings. The Balaban J connectivity index is 2.98. The van der Waals surface area contributed by atoms with Gasteiger partial charge in [-0.05, 0) is 25.0 Å². The third kappa shape index (κ3) is 2.47. The molecule has 1 heterocycles. The molecule has 0 radical (unpaired) electrons. The number of thiophene rings is 1. The first kappa shape index (κ1) is 12.4. The highest BCUT2D eigenvalue weighted by Gasteiger charge is 2.29. The third-order valence-corrected chi connectivity index (χ3v) is 4.18. The Morgan fingerprint density at radius 3 is 2.60 bits per heavy atom. The molecular formula is C12H18O2S. The van der Waals surface area contributed by atoms with Gasteiger partial charge in [-0.1, -0.05) is 20.8 Å². The van der Waals surface area contributed by atoms with Crippen molar-refractivity contribution in [3.8, 4) is 0 Å². The molecule has 0 aliphatic rings. The van der Waals surface area contributed by atoms with E-state index in [2.05, 4.69) is 0 Å². The summed E-state index contributed by atoms with van der Waals surface area (Å²) in [6.07, 6.45) is 0.518. The van der Waals surface area contributed by atoms with E-state index in [1.807, 2.05) is 32.9 Å². The molecule has 0 aliphatic heterocycles. The second kappa shape index (κ2) is 4.45. The molecule has 1 atom stereocenters. The fourth-order valence-electron chi connectivity index (χ4n) is 1.22. The maximum atomic E-state index is 11.5. The number of carbonyl (C=O) groups is 1. The van der Waals surface area contributed by atoms with Crippen LogP contribution in [-0.2, 0) is 5.60 Å². The SMILES string of the molecule is CCC(=O)c1ccc(C(C)(O)C(C)C)s1. The Kier molecular flexibility index (Phi) is 3.68. The molecular weight excluding hydrogens is 208 g/mol. The number of aliphatic hydroxyl groups is 1. The van der Waals surface area contributed by atoms with E-state index in [4.69, 9.17) is 0 Å². The predicted molar refractivity (Wildman–Crippen MR) is 63.3 cm³/mol. The zero-order valence-electron chi connectivity index (χ0n) is 9.70. The molecule has 0 aliphatic carbocycles. The van der Waals surface area contributed by atoms with Gasteiger partial charge in [0.05, 0.1) is 10.5 Å². The van der Waals surface area contributed by atoms with Gasteiger partial charge in [0.25, 0.3) is 0 Å². The highest BCUT2D eigenvalue weighted by molar-refractivity contribution is 7.14. The van der Waals surface area contributed by atoms with Gasteiger partial charge in [0.1, 0.15) is 0 Å². The fraction of sp³-hybridized carbons (Fsp3) is 0.583. The van der Waals surface area contributed by atoms with Crippen LogP contribution in [0, 0.1) is 5.92 Å². The van der Waals surface area contributed by atoms with Crippen molar-refractivity contribution in [3.63, 3.8) is 0 Å². The van der Waals surface area contributed by atoms with Crippen molar-refractivity contribution >= 4 is 17.1 Å². The van der Waals surface area contributed by atoms with Crippen LogP contribution < -0.4 is 0 Å². The highest BCUT2D eigenvalue weighted by atomic mass is 32.1. The van der Waals surface area contributed by atoms with Crippen molar-refractivity contribution in [1.29, 1.82) is 0 Å². The molecule has 0 bridgehead atoms. The van der Waals surface area contributed by atoms with Crippen LogP contribution in [0.5, 0.6) is 0 Å². The van der Waals surface area contributed by atoms with Gasteiger partial charge in [-0.25, -0.2) is 0 Å². The quantitative estimate of drug-likeness (QED) is 0.800. The van der Waals surface area contributed by atoms with Crippen molar-refractivity contribution in [2.75, 3.05) is 0 Å². The Morgan fingerprint density at radius 1 is 1.53 bits per heavy atom. The largest absolute Gasteiger partial charge is 0.384 e. The van der Waals surface area contributed by atoms with Gasteiger partial charge in [-0.15, -0.1) is 11.3 Å². The molecule has 0 spiro atoms. The molecule has 0 amide bonds. The number of rotatable bonds is 4. The molecule has 0 aromatic carbocycles. The summed E-state index contributed by atoms with van der Waals surface area (Å²) in [7, 11) is 0. The normalized spacial score (nSPS) is 15.3. The van der Waals surface area contributed by atoms with E-state index in [9.17, 15) is 9.90 Å². The number of ketones is 1. The minimum atomic E-state index is -0.836. The maximum Gasteiger partial charge on any atom is 0.172 e. The summed E-state index contributed by atoms with van der Waals surface area (Å²) in [6.45, 7) is 7.59.